The van der Waals surface area contributed by atoms with Gasteiger partial charge in [-0.15, -0.1) is 0 Å². The van der Waals surface area contributed by atoms with Gasteiger partial charge < -0.3 is 24.6 Å². The first-order chi connectivity index (χ1) is 11.1. The first-order valence-corrected chi connectivity index (χ1v) is 8.74. The van der Waals surface area contributed by atoms with Crippen molar-refractivity contribution in [3.63, 3.8) is 0 Å². The molecule has 0 bridgehead atoms. The fourth-order valence-electron chi connectivity index (χ4n) is 2.89. The van der Waals surface area contributed by atoms with E-state index in [0.717, 1.165) is 65.4 Å². The number of rotatable bonds is 8. The van der Waals surface area contributed by atoms with Gasteiger partial charge in [0.05, 0.1) is 19.3 Å². The molecule has 2 aliphatic heterocycles. The fraction of sp³-hybridized carbons (Fsp3) is 0.938. The fourth-order valence-corrected chi connectivity index (χ4v) is 2.89. The molecule has 2 aliphatic rings. The number of carbonyl (C=O) groups excluding carboxylic acids is 1. The van der Waals surface area contributed by atoms with Crippen molar-refractivity contribution >= 4 is 6.03 Å². The zero-order valence-electron chi connectivity index (χ0n) is 14.6. The first kappa shape index (κ1) is 18.4. The minimum Gasteiger partial charge on any atom is -0.379 e. The number of urea groups is 1. The van der Waals surface area contributed by atoms with E-state index in [-0.39, 0.29) is 12.1 Å². The molecule has 0 aliphatic carbocycles. The van der Waals surface area contributed by atoms with E-state index in [1.54, 1.807) is 0 Å². The Labute approximate surface area is 139 Å². The van der Waals surface area contributed by atoms with E-state index in [2.05, 4.69) is 15.1 Å². The minimum atomic E-state index is 0.0237. The second-order valence-corrected chi connectivity index (χ2v) is 6.57. The Morgan fingerprint density at radius 3 is 2.65 bits per heavy atom. The Kier molecular flexibility index (Phi) is 8.08. The second-order valence-electron chi connectivity index (χ2n) is 6.57. The lowest BCUT2D eigenvalue weighted by atomic mass is 10.2. The average molecular weight is 328 g/mol. The molecule has 0 saturated carbocycles. The number of nitrogens with one attached hydrogen (secondary N) is 1. The molecule has 7 nitrogen and oxygen atoms in total. The number of hydrogen-bond donors (Lipinski definition) is 1. The SMILES string of the molecule is CN(C)CCN(CC1CCCO1)C(=O)NCCN1CCOCC1. The van der Waals surface area contributed by atoms with Crippen molar-refractivity contribution in [1.29, 1.82) is 0 Å². The van der Waals surface area contributed by atoms with Crippen LogP contribution in [0.4, 0.5) is 4.79 Å². The third-order valence-electron chi connectivity index (χ3n) is 4.36. The van der Waals surface area contributed by atoms with Crippen molar-refractivity contribution in [2.24, 2.45) is 0 Å². The predicted octanol–water partition coefficient (Wildman–Crippen LogP) is 0.0708. The smallest absolute Gasteiger partial charge is 0.317 e. The van der Waals surface area contributed by atoms with Gasteiger partial charge in [0.2, 0.25) is 0 Å². The van der Waals surface area contributed by atoms with Crippen LogP contribution in [0.2, 0.25) is 0 Å². The molecule has 1 N–H and O–H groups in total. The molecule has 2 heterocycles. The van der Waals surface area contributed by atoms with E-state index in [9.17, 15) is 4.79 Å². The van der Waals surface area contributed by atoms with Crippen LogP contribution >= 0.6 is 0 Å². The highest BCUT2D eigenvalue weighted by molar-refractivity contribution is 5.74. The summed E-state index contributed by atoms with van der Waals surface area (Å²) in [4.78, 5) is 18.8. The number of carbonyl (C=O) groups is 1. The van der Waals surface area contributed by atoms with Crippen LogP contribution in [-0.4, -0.2) is 107 Å². The number of morpholine rings is 1. The molecule has 2 rings (SSSR count). The van der Waals surface area contributed by atoms with E-state index in [4.69, 9.17) is 9.47 Å². The van der Waals surface area contributed by atoms with Gasteiger partial charge in [0, 0.05) is 52.4 Å². The number of nitrogens with zero attached hydrogens (tertiary/aromatic N) is 3. The van der Waals surface area contributed by atoms with E-state index in [0.29, 0.717) is 13.1 Å². The van der Waals surface area contributed by atoms with E-state index in [1.807, 2.05) is 19.0 Å². The molecule has 23 heavy (non-hydrogen) atoms. The maximum Gasteiger partial charge on any atom is 0.317 e. The van der Waals surface area contributed by atoms with Crippen LogP contribution < -0.4 is 5.32 Å². The van der Waals surface area contributed by atoms with Crippen LogP contribution in [0.25, 0.3) is 0 Å². The molecule has 134 valence electrons. The lowest BCUT2D eigenvalue weighted by Crippen LogP contribution is -2.48. The molecule has 0 aromatic heterocycles. The average Bonchev–Trinajstić information content (AvgIpc) is 3.05. The third kappa shape index (κ3) is 7.03. The van der Waals surface area contributed by atoms with Gasteiger partial charge in [0.25, 0.3) is 0 Å². The summed E-state index contributed by atoms with van der Waals surface area (Å²) in [6.07, 6.45) is 2.35. The van der Waals surface area contributed by atoms with Gasteiger partial charge in [0.15, 0.2) is 0 Å². The summed E-state index contributed by atoms with van der Waals surface area (Å²) >= 11 is 0. The monoisotopic (exact) mass is 328 g/mol. The van der Waals surface area contributed by atoms with Gasteiger partial charge >= 0.3 is 6.03 Å². The molecule has 1 unspecified atom stereocenters. The normalized spacial score (nSPS) is 22.5. The molecule has 2 saturated heterocycles. The highest BCUT2D eigenvalue weighted by Crippen LogP contribution is 2.13. The molecule has 1 atom stereocenters. The molecule has 7 heteroatoms. The molecular formula is C16H32N4O3. The van der Waals surface area contributed by atoms with Crippen molar-refractivity contribution < 1.29 is 14.3 Å². The Hall–Kier alpha value is -0.890. The van der Waals surface area contributed by atoms with E-state index < -0.39 is 0 Å². The van der Waals surface area contributed by atoms with Gasteiger partial charge in [-0.25, -0.2) is 4.79 Å². The lowest BCUT2D eigenvalue weighted by molar-refractivity contribution is 0.0383. The van der Waals surface area contributed by atoms with Crippen LogP contribution in [0.5, 0.6) is 0 Å². The van der Waals surface area contributed by atoms with Gasteiger partial charge in [-0.3, -0.25) is 4.90 Å². The highest BCUT2D eigenvalue weighted by Gasteiger charge is 2.22. The maximum absolute atomic E-state index is 12.5. The molecule has 0 aromatic carbocycles. The summed E-state index contributed by atoms with van der Waals surface area (Å²) in [5.41, 5.74) is 0. The summed E-state index contributed by atoms with van der Waals surface area (Å²) in [7, 11) is 4.06. The van der Waals surface area contributed by atoms with Gasteiger partial charge in [0.1, 0.15) is 0 Å². The summed E-state index contributed by atoms with van der Waals surface area (Å²) in [6, 6.07) is 0.0237. The number of amides is 2. The highest BCUT2D eigenvalue weighted by atomic mass is 16.5. The van der Waals surface area contributed by atoms with Crippen LogP contribution in [-0.2, 0) is 9.47 Å². The molecule has 2 fully saturated rings. The Morgan fingerprint density at radius 1 is 1.22 bits per heavy atom. The zero-order valence-corrected chi connectivity index (χ0v) is 14.6. The van der Waals surface area contributed by atoms with Gasteiger partial charge in [-0.1, -0.05) is 0 Å². The largest absolute Gasteiger partial charge is 0.379 e. The molecule has 0 radical (unpaired) electrons. The first-order valence-electron chi connectivity index (χ1n) is 8.74. The number of likely N-dealkylation sites (N-methyl/N-ethyl adjacent to an activating group) is 1. The molecule has 0 aromatic rings. The number of ether oxygens (including phenoxy) is 2. The Balaban J connectivity index is 1.72. The minimum absolute atomic E-state index is 0.0237. The molecule has 2 amide bonds. The Morgan fingerprint density at radius 2 is 2.00 bits per heavy atom. The van der Waals surface area contributed by atoms with Crippen molar-refractivity contribution in [3.8, 4) is 0 Å². The summed E-state index contributed by atoms with van der Waals surface area (Å²) in [5.74, 6) is 0. The topological polar surface area (TPSA) is 57.3 Å². The third-order valence-corrected chi connectivity index (χ3v) is 4.36. The van der Waals surface area contributed by atoms with Gasteiger partial charge in [-0.05, 0) is 26.9 Å². The lowest BCUT2D eigenvalue weighted by Gasteiger charge is -2.29. The molecule has 0 spiro atoms. The van der Waals surface area contributed by atoms with Crippen molar-refractivity contribution in [1.82, 2.24) is 20.0 Å². The zero-order chi connectivity index (χ0) is 16.5. The summed E-state index contributed by atoms with van der Waals surface area (Å²) < 4.78 is 11.0. The molecular weight excluding hydrogens is 296 g/mol. The standard InChI is InChI=1S/C16H32N4O3/c1-18(2)7-8-20(14-15-4-3-11-23-15)16(21)17-5-6-19-9-12-22-13-10-19/h15H,3-14H2,1-2H3,(H,17,21). The van der Waals surface area contributed by atoms with Crippen LogP contribution in [0, 0.1) is 0 Å². The maximum atomic E-state index is 12.5. The van der Waals surface area contributed by atoms with Crippen LogP contribution in [0.15, 0.2) is 0 Å². The predicted molar refractivity (Wildman–Crippen MR) is 89.8 cm³/mol. The van der Waals surface area contributed by atoms with Crippen LogP contribution in [0.1, 0.15) is 12.8 Å². The van der Waals surface area contributed by atoms with E-state index in [1.165, 1.54) is 0 Å². The number of hydrogen-bond acceptors (Lipinski definition) is 5. The quantitative estimate of drug-likeness (QED) is 0.683. The second kappa shape index (κ2) is 10.1. The van der Waals surface area contributed by atoms with Crippen molar-refractivity contribution in [2.75, 3.05) is 79.7 Å². The van der Waals surface area contributed by atoms with Crippen LogP contribution in [0.3, 0.4) is 0 Å². The van der Waals surface area contributed by atoms with Crippen molar-refractivity contribution in [2.45, 2.75) is 18.9 Å². The van der Waals surface area contributed by atoms with Gasteiger partial charge in [-0.2, -0.15) is 0 Å². The summed E-state index contributed by atoms with van der Waals surface area (Å²) in [5, 5.41) is 3.06. The van der Waals surface area contributed by atoms with Crippen molar-refractivity contribution in [3.05, 3.63) is 0 Å². The summed E-state index contributed by atoms with van der Waals surface area (Å²) in [6.45, 7) is 8.18. The van der Waals surface area contributed by atoms with E-state index >= 15 is 0 Å². The Bertz CT molecular complexity index is 342.